The average Bonchev–Trinajstić information content (AvgIpc) is 2.58. The Hall–Kier alpha value is -1.94. The van der Waals surface area contributed by atoms with Gasteiger partial charge in [0.25, 0.3) is 5.69 Å². The van der Waals surface area contributed by atoms with Gasteiger partial charge in [0, 0.05) is 31.3 Å². The average molecular weight is 352 g/mol. The van der Waals surface area contributed by atoms with Crippen molar-refractivity contribution in [3.05, 3.63) is 27.8 Å². The molecule has 0 spiro atoms. The lowest BCUT2D eigenvalue weighted by molar-refractivity contribution is -0.384. The fourth-order valence-corrected chi connectivity index (χ4v) is 3.63. The molecule has 2 aliphatic heterocycles. The van der Waals surface area contributed by atoms with Crippen molar-refractivity contribution in [3.63, 3.8) is 0 Å². The lowest BCUT2D eigenvalue weighted by atomic mass is 9.98. The number of hydrogen-bond donors (Lipinski definition) is 5. The number of aliphatic hydroxyl groups excluding tert-OH is 3. The van der Waals surface area contributed by atoms with Crippen LogP contribution in [0.3, 0.4) is 0 Å². The van der Waals surface area contributed by atoms with Gasteiger partial charge >= 0.3 is 0 Å². The van der Waals surface area contributed by atoms with Crippen LogP contribution in [0.1, 0.15) is 31.2 Å². The fraction of sp³-hybridized carbons (Fsp3) is 0.625. The molecule has 5 N–H and O–H groups in total. The first kappa shape index (κ1) is 17.9. The first-order valence-corrected chi connectivity index (χ1v) is 8.55. The zero-order chi connectivity index (χ0) is 18.0. The van der Waals surface area contributed by atoms with Crippen molar-refractivity contribution in [2.24, 2.45) is 0 Å². The number of hydrogen-bond acceptors (Lipinski definition) is 8. The highest BCUT2D eigenvalue weighted by atomic mass is 16.6. The molecule has 0 aliphatic carbocycles. The quantitative estimate of drug-likeness (QED) is 0.388. The molecule has 1 aromatic rings. The third-order valence-electron chi connectivity index (χ3n) is 4.90. The number of nitro benzene ring substituents is 1. The summed E-state index contributed by atoms with van der Waals surface area (Å²) in [5, 5.41) is 45.7. The summed E-state index contributed by atoms with van der Waals surface area (Å²) in [6.45, 7) is 1.45. The highest BCUT2D eigenvalue weighted by molar-refractivity contribution is 5.78. The van der Waals surface area contributed by atoms with Crippen LogP contribution in [-0.2, 0) is 6.54 Å². The highest BCUT2D eigenvalue weighted by Crippen LogP contribution is 2.37. The van der Waals surface area contributed by atoms with E-state index in [9.17, 15) is 25.4 Å². The van der Waals surface area contributed by atoms with Gasteiger partial charge < -0.3 is 26.0 Å². The van der Waals surface area contributed by atoms with Gasteiger partial charge in [-0.2, -0.15) is 0 Å². The van der Waals surface area contributed by atoms with Crippen molar-refractivity contribution < 1.29 is 20.2 Å². The van der Waals surface area contributed by atoms with Crippen LogP contribution in [0.4, 0.5) is 17.1 Å². The van der Waals surface area contributed by atoms with Crippen LogP contribution in [0.25, 0.3) is 0 Å². The van der Waals surface area contributed by atoms with Gasteiger partial charge in [-0.15, -0.1) is 0 Å². The number of nitrogens with one attached hydrogen (secondary N) is 2. The molecule has 2 aliphatic rings. The molecule has 9 heteroatoms. The Labute approximate surface area is 145 Å². The number of rotatable bonds is 5. The van der Waals surface area contributed by atoms with E-state index in [1.165, 1.54) is 12.1 Å². The van der Waals surface area contributed by atoms with E-state index in [1.807, 2.05) is 0 Å². The van der Waals surface area contributed by atoms with Crippen LogP contribution in [0.5, 0.6) is 0 Å². The summed E-state index contributed by atoms with van der Waals surface area (Å²) < 4.78 is 0. The van der Waals surface area contributed by atoms with E-state index in [0.29, 0.717) is 29.9 Å². The minimum absolute atomic E-state index is 0.0673. The molecule has 3 rings (SSSR count). The molecule has 138 valence electrons. The van der Waals surface area contributed by atoms with E-state index < -0.39 is 17.4 Å². The van der Waals surface area contributed by atoms with E-state index >= 15 is 0 Å². The van der Waals surface area contributed by atoms with Gasteiger partial charge in [0.05, 0.1) is 16.3 Å². The van der Waals surface area contributed by atoms with Gasteiger partial charge in [-0.25, -0.2) is 0 Å². The standard InChI is InChI=1S/C16H24N4O5/c21-6-4-11-3-1-2-5-19(11)9-10-7-12(20(24)25)8-13-14(10)18-16(23)15(22)17-13/h7-8,11,15-18,21-23H,1-6,9H2. The van der Waals surface area contributed by atoms with Gasteiger partial charge in [0.2, 0.25) is 0 Å². The zero-order valence-corrected chi connectivity index (χ0v) is 13.9. The van der Waals surface area contributed by atoms with Gasteiger partial charge in [-0.05, 0) is 31.4 Å². The third kappa shape index (κ3) is 3.84. The van der Waals surface area contributed by atoms with Crippen LogP contribution in [0.2, 0.25) is 0 Å². The molecular formula is C16H24N4O5. The first-order chi connectivity index (χ1) is 12.0. The summed E-state index contributed by atoms with van der Waals surface area (Å²) in [7, 11) is 0. The Kier molecular flexibility index (Phi) is 5.38. The van der Waals surface area contributed by atoms with Crippen molar-refractivity contribution >= 4 is 17.1 Å². The summed E-state index contributed by atoms with van der Waals surface area (Å²) in [4.78, 5) is 13.0. The molecule has 3 atom stereocenters. The SMILES string of the molecule is O=[N+]([O-])c1cc(CN2CCCCC2CCO)c2c(c1)NC(O)C(O)N2. The van der Waals surface area contributed by atoms with Crippen molar-refractivity contribution in [2.45, 2.75) is 50.7 Å². The minimum atomic E-state index is -1.24. The van der Waals surface area contributed by atoms with E-state index in [2.05, 4.69) is 15.5 Å². The summed E-state index contributed by atoms with van der Waals surface area (Å²) >= 11 is 0. The molecule has 0 bridgehead atoms. The second-order valence-electron chi connectivity index (χ2n) is 6.60. The maximum absolute atomic E-state index is 11.2. The lowest BCUT2D eigenvalue weighted by Crippen LogP contribution is -2.44. The molecular weight excluding hydrogens is 328 g/mol. The summed E-state index contributed by atoms with van der Waals surface area (Å²) in [6, 6.07) is 3.09. The summed E-state index contributed by atoms with van der Waals surface area (Å²) in [6.07, 6.45) is 1.39. The van der Waals surface area contributed by atoms with Crippen LogP contribution >= 0.6 is 0 Å². The number of fused-ring (bicyclic) bond motifs is 1. The van der Waals surface area contributed by atoms with Crippen LogP contribution in [-0.4, -0.2) is 56.8 Å². The number of piperidine rings is 1. The van der Waals surface area contributed by atoms with Crippen LogP contribution in [0, 0.1) is 10.1 Å². The molecule has 3 unspecified atom stereocenters. The molecule has 25 heavy (non-hydrogen) atoms. The molecule has 1 fully saturated rings. The number of benzene rings is 1. The van der Waals surface area contributed by atoms with Gasteiger partial charge in [-0.1, -0.05) is 6.42 Å². The van der Waals surface area contributed by atoms with Crippen LogP contribution in [0.15, 0.2) is 12.1 Å². The lowest BCUT2D eigenvalue weighted by Gasteiger charge is -2.37. The molecule has 0 radical (unpaired) electrons. The highest BCUT2D eigenvalue weighted by Gasteiger charge is 2.30. The van der Waals surface area contributed by atoms with Crippen molar-refractivity contribution in [1.82, 2.24) is 4.90 Å². The normalized spacial score (nSPS) is 26.4. The molecule has 0 aromatic heterocycles. The number of nitrogens with zero attached hydrogens (tertiary/aromatic N) is 2. The smallest absolute Gasteiger partial charge is 0.271 e. The minimum Gasteiger partial charge on any atom is -0.396 e. The van der Waals surface area contributed by atoms with E-state index in [0.717, 1.165) is 25.8 Å². The maximum Gasteiger partial charge on any atom is 0.271 e. The summed E-state index contributed by atoms with van der Waals surface area (Å²) in [5.74, 6) is 0. The third-order valence-corrected chi connectivity index (χ3v) is 4.90. The Morgan fingerprint density at radius 1 is 1.24 bits per heavy atom. The molecule has 1 saturated heterocycles. The molecule has 9 nitrogen and oxygen atoms in total. The van der Waals surface area contributed by atoms with Crippen LogP contribution < -0.4 is 10.6 Å². The van der Waals surface area contributed by atoms with Gasteiger partial charge in [-0.3, -0.25) is 15.0 Å². The second-order valence-corrected chi connectivity index (χ2v) is 6.60. The fourth-order valence-electron chi connectivity index (χ4n) is 3.63. The van der Waals surface area contributed by atoms with Crippen molar-refractivity contribution in [2.75, 3.05) is 23.8 Å². The van der Waals surface area contributed by atoms with E-state index in [-0.39, 0.29) is 18.3 Å². The Bertz CT molecular complexity index is 639. The largest absolute Gasteiger partial charge is 0.396 e. The van der Waals surface area contributed by atoms with E-state index in [4.69, 9.17) is 0 Å². The van der Waals surface area contributed by atoms with Crippen molar-refractivity contribution in [1.29, 1.82) is 0 Å². The van der Waals surface area contributed by atoms with Gasteiger partial charge in [0.1, 0.15) is 0 Å². The predicted molar refractivity (Wildman–Crippen MR) is 92.1 cm³/mol. The first-order valence-electron chi connectivity index (χ1n) is 8.55. The number of likely N-dealkylation sites (tertiary alicyclic amines) is 1. The molecule has 0 amide bonds. The monoisotopic (exact) mass is 352 g/mol. The molecule has 1 aromatic carbocycles. The topological polar surface area (TPSA) is 131 Å². The Morgan fingerprint density at radius 3 is 2.72 bits per heavy atom. The molecule has 2 heterocycles. The Morgan fingerprint density at radius 2 is 2.00 bits per heavy atom. The number of non-ortho nitro benzene ring substituents is 1. The number of anilines is 2. The summed E-state index contributed by atoms with van der Waals surface area (Å²) in [5.41, 5.74) is 1.59. The Balaban J connectivity index is 1.92. The maximum atomic E-state index is 11.2. The number of nitro groups is 1. The predicted octanol–water partition coefficient (Wildman–Crippen LogP) is 0.806. The van der Waals surface area contributed by atoms with E-state index in [1.54, 1.807) is 0 Å². The number of aliphatic hydroxyl groups is 3. The van der Waals surface area contributed by atoms with Gasteiger partial charge in [0.15, 0.2) is 12.5 Å². The van der Waals surface area contributed by atoms with Crippen molar-refractivity contribution in [3.8, 4) is 0 Å². The molecule has 0 saturated carbocycles. The second kappa shape index (κ2) is 7.52. The zero-order valence-electron chi connectivity index (χ0n) is 13.9.